The van der Waals surface area contributed by atoms with Gasteiger partial charge in [0.25, 0.3) is 0 Å². The van der Waals surface area contributed by atoms with Crippen LogP contribution in [0.1, 0.15) is 22.5 Å². The first-order valence-electron chi connectivity index (χ1n) is 4.62. The molecule has 0 saturated carbocycles. The molecular formula is C11H13NO. The van der Waals surface area contributed by atoms with E-state index in [9.17, 15) is 4.79 Å². The molecule has 1 atom stereocenters. The van der Waals surface area contributed by atoms with Gasteiger partial charge in [-0.15, -0.1) is 0 Å². The zero-order chi connectivity index (χ0) is 9.42. The third-order valence-corrected chi connectivity index (χ3v) is 2.69. The highest BCUT2D eigenvalue weighted by Crippen LogP contribution is 2.27. The molecule has 0 aromatic carbocycles. The first-order chi connectivity index (χ1) is 6.20. The number of carbonyl (C=O) groups excluding carboxylic acids is 1. The Balaban J connectivity index is 2.45. The maximum atomic E-state index is 10.7. The van der Waals surface area contributed by atoms with E-state index >= 15 is 0 Å². The van der Waals surface area contributed by atoms with Gasteiger partial charge in [-0.3, -0.25) is 4.98 Å². The molecule has 1 aliphatic rings. The van der Waals surface area contributed by atoms with Crippen molar-refractivity contribution in [2.45, 2.75) is 26.7 Å². The summed E-state index contributed by atoms with van der Waals surface area (Å²) in [6, 6.07) is 2.10. The van der Waals surface area contributed by atoms with Crippen LogP contribution in [0.25, 0.3) is 0 Å². The lowest BCUT2D eigenvalue weighted by molar-refractivity contribution is -0.110. The molecule has 0 saturated heterocycles. The van der Waals surface area contributed by atoms with Gasteiger partial charge in [-0.05, 0) is 43.9 Å². The summed E-state index contributed by atoms with van der Waals surface area (Å²) in [6.45, 7) is 4.03. The molecule has 13 heavy (non-hydrogen) atoms. The molecule has 0 spiro atoms. The van der Waals surface area contributed by atoms with Gasteiger partial charge in [0, 0.05) is 17.3 Å². The van der Waals surface area contributed by atoms with E-state index in [0.717, 1.165) is 30.5 Å². The van der Waals surface area contributed by atoms with Gasteiger partial charge in [-0.1, -0.05) is 0 Å². The fourth-order valence-corrected chi connectivity index (χ4v) is 2.11. The van der Waals surface area contributed by atoms with Crippen molar-refractivity contribution in [3.8, 4) is 0 Å². The van der Waals surface area contributed by atoms with Gasteiger partial charge in [0.1, 0.15) is 6.29 Å². The van der Waals surface area contributed by atoms with E-state index < -0.39 is 0 Å². The van der Waals surface area contributed by atoms with Crippen LogP contribution in [0.4, 0.5) is 0 Å². The van der Waals surface area contributed by atoms with Gasteiger partial charge < -0.3 is 4.79 Å². The molecule has 0 bridgehead atoms. The van der Waals surface area contributed by atoms with Gasteiger partial charge in [0.05, 0.1) is 0 Å². The fourth-order valence-electron chi connectivity index (χ4n) is 2.11. The average molecular weight is 175 g/mol. The van der Waals surface area contributed by atoms with Crippen molar-refractivity contribution in [1.82, 2.24) is 4.98 Å². The molecule has 1 aromatic heterocycles. The van der Waals surface area contributed by atoms with Crippen molar-refractivity contribution >= 4 is 6.29 Å². The molecule has 0 N–H and O–H groups in total. The molecule has 68 valence electrons. The average Bonchev–Trinajstić information content (AvgIpc) is 2.47. The largest absolute Gasteiger partial charge is 0.303 e. The van der Waals surface area contributed by atoms with Crippen molar-refractivity contribution < 1.29 is 4.79 Å². The summed E-state index contributed by atoms with van der Waals surface area (Å²) in [5.74, 6) is 0.192. The number of pyridine rings is 1. The quantitative estimate of drug-likeness (QED) is 0.607. The Bertz CT molecular complexity index is 357. The fraction of sp³-hybridized carbons (Fsp3) is 0.455. The Morgan fingerprint density at radius 3 is 2.92 bits per heavy atom. The van der Waals surface area contributed by atoms with Gasteiger partial charge in [-0.25, -0.2) is 0 Å². The number of nitrogens with zero attached hydrogens (tertiary/aromatic N) is 1. The molecule has 1 aromatic rings. The van der Waals surface area contributed by atoms with Crippen LogP contribution >= 0.6 is 0 Å². The number of carbonyl (C=O) groups is 1. The second kappa shape index (κ2) is 2.95. The molecule has 2 heteroatoms. The van der Waals surface area contributed by atoms with Crippen LogP contribution in [0.3, 0.4) is 0 Å². The molecule has 1 unspecified atom stereocenters. The first-order valence-corrected chi connectivity index (χ1v) is 4.62. The predicted molar refractivity (Wildman–Crippen MR) is 50.7 cm³/mol. The highest BCUT2D eigenvalue weighted by atomic mass is 16.1. The Morgan fingerprint density at radius 2 is 2.23 bits per heavy atom. The summed E-state index contributed by atoms with van der Waals surface area (Å²) < 4.78 is 0. The van der Waals surface area contributed by atoms with E-state index in [2.05, 4.69) is 11.1 Å². The van der Waals surface area contributed by atoms with E-state index in [1.165, 1.54) is 11.1 Å². The van der Waals surface area contributed by atoms with Crippen LogP contribution in [-0.4, -0.2) is 11.3 Å². The van der Waals surface area contributed by atoms with E-state index in [4.69, 9.17) is 0 Å². The van der Waals surface area contributed by atoms with E-state index in [0.29, 0.717) is 0 Å². The Morgan fingerprint density at radius 1 is 1.46 bits per heavy atom. The minimum absolute atomic E-state index is 0.192. The highest BCUT2D eigenvalue weighted by molar-refractivity contribution is 5.58. The van der Waals surface area contributed by atoms with Crippen LogP contribution in [0, 0.1) is 19.8 Å². The second-order valence-electron chi connectivity index (χ2n) is 3.79. The smallest absolute Gasteiger partial charge is 0.123 e. The van der Waals surface area contributed by atoms with Crippen molar-refractivity contribution in [2.24, 2.45) is 5.92 Å². The number of fused-ring (bicyclic) bond motifs is 1. The lowest BCUT2D eigenvalue weighted by Gasteiger charge is -2.03. The zero-order valence-electron chi connectivity index (χ0n) is 8.00. The molecule has 1 heterocycles. The summed E-state index contributed by atoms with van der Waals surface area (Å²) in [4.78, 5) is 15.0. The lowest BCUT2D eigenvalue weighted by Crippen LogP contribution is -1.99. The highest BCUT2D eigenvalue weighted by Gasteiger charge is 2.22. The van der Waals surface area contributed by atoms with Gasteiger partial charge in [-0.2, -0.15) is 0 Å². The maximum absolute atomic E-state index is 10.7. The summed E-state index contributed by atoms with van der Waals surface area (Å²) in [6.07, 6.45) is 2.86. The van der Waals surface area contributed by atoms with Crippen molar-refractivity contribution in [3.63, 3.8) is 0 Å². The topological polar surface area (TPSA) is 30.0 Å². The van der Waals surface area contributed by atoms with Crippen LogP contribution in [-0.2, 0) is 17.6 Å². The Kier molecular flexibility index (Phi) is 1.91. The third kappa shape index (κ3) is 1.37. The molecular weight excluding hydrogens is 162 g/mol. The standard InChI is InChI=1S/C11H13NO/c1-7-3-10-4-9(6-13)5-11(10)8(2)12-7/h3,6,9H,4-5H2,1-2H3. The van der Waals surface area contributed by atoms with Crippen molar-refractivity contribution in [2.75, 3.05) is 0 Å². The molecule has 0 fully saturated rings. The predicted octanol–water partition coefficient (Wildman–Crippen LogP) is 1.61. The minimum atomic E-state index is 0.192. The molecule has 2 rings (SSSR count). The summed E-state index contributed by atoms with van der Waals surface area (Å²) >= 11 is 0. The van der Waals surface area contributed by atoms with Crippen LogP contribution in [0.5, 0.6) is 0 Å². The Hall–Kier alpha value is -1.18. The summed E-state index contributed by atoms with van der Waals surface area (Å²) in [5, 5.41) is 0. The van der Waals surface area contributed by atoms with Crippen LogP contribution in [0.2, 0.25) is 0 Å². The van der Waals surface area contributed by atoms with Crippen molar-refractivity contribution in [1.29, 1.82) is 0 Å². The number of aryl methyl sites for hydroxylation is 2. The van der Waals surface area contributed by atoms with Crippen LogP contribution < -0.4 is 0 Å². The second-order valence-corrected chi connectivity index (χ2v) is 3.79. The normalized spacial score (nSPS) is 20.0. The number of hydrogen-bond acceptors (Lipinski definition) is 2. The monoisotopic (exact) mass is 175 g/mol. The number of aromatic nitrogens is 1. The maximum Gasteiger partial charge on any atom is 0.123 e. The molecule has 0 radical (unpaired) electrons. The molecule has 0 amide bonds. The summed E-state index contributed by atoms with van der Waals surface area (Å²) in [5.41, 5.74) is 4.77. The van der Waals surface area contributed by atoms with Gasteiger partial charge in [0.2, 0.25) is 0 Å². The number of aldehydes is 1. The number of hydrogen-bond donors (Lipinski definition) is 0. The third-order valence-electron chi connectivity index (χ3n) is 2.69. The molecule has 0 aliphatic heterocycles. The SMILES string of the molecule is Cc1cc2c(c(C)n1)CC(C=O)C2. The minimum Gasteiger partial charge on any atom is -0.303 e. The number of rotatable bonds is 1. The van der Waals surface area contributed by atoms with E-state index in [1.54, 1.807) is 0 Å². The lowest BCUT2D eigenvalue weighted by atomic mass is 10.1. The Labute approximate surface area is 78.0 Å². The van der Waals surface area contributed by atoms with E-state index in [1.807, 2.05) is 13.8 Å². The van der Waals surface area contributed by atoms with E-state index in [-0.39, 0.29) is 5.92 Å². The summed E-state index contributed by atoms with van der Waals surface area (Å²) in [7, 11) is 0. The van der Waals surface area contributed by atoms with Gasteiger partial charge >= 0.3 is 0 Å². The zero-order valence-corrected chi connectivity index (χ0v) is 8.00. The molecule has 2 nitrogen and oxygen atoms in total. The molecule has 1 aliphatic carbocycles. The van der Waals surface area contributed by atoms with Crippen LogP contribution in [0.15, 0.2) is 6.07 Å². The van der Waals surface area contributed by atoms with Crippen molar-refractivity contribution in [3.05, 3.63) is 28.6 Å². The van der Waals surface area contributed by atoms with Gasteiger partial charge in [0.15, 0.2) is 0 Å². The first kappa shape index (κ1) is 8.42.